The monoisotopic (exact) mass is 667 g/mol. The molecule has 1 amide bonds. The molecule has 11 heteroatoms. The van der Waals surface area contributed by atoms with Crippen LogP contribution in [0.3, 0.4) is 0 Å². The third-order valence-electron chi connectivity index (χ3n) is 8.30. The van der Waals surface area contributed by atoms with E-state index in [0.29, 0.717) is 39.4 Å². The number of hydrogen-bond donors (Lipinski definition) is 1. The number of aryl methyl sites for hydroxylation is 3. The largest absolute Gasteiger partial charge is 0.505 e. The fourth-order valence-electron chi connectivity index (χ4n) is 5.67. The second-order valence-electron chi connectivity index (χ2n) is 11.7. The number of rotatable bonds is 12. The molecule has 5 aromatic rings. The third-order valence-corrected chi connectivity index (χ3v) is 10.4. The fraction of sp³-hybridized carbons (Fsp3) is 0.306. The number of hydrogen-bond acceptors (Lipinski definition) is 9. The van der Waals surface area contributed by atoms with Crippen molar-refractivity contribution in [2.75, 3.05) is 11.5 Å². The number of ketones is 1. The number of pyridine rings is 1. The van der Waals surface area contributed by atoms with Gasteiger partial charge in [-0.15, -0.1) is 10.2 Å². The highest BCUT2D eigenvalue weighted by atomic mass is 32.2. The number of aromatic nitrogens is 4. The van der Waals surface area contributed by atoms with Gasteiger partial charge in [0.2, 0.25) is 5.13 Å². The second-order valence-corrected chi connectivity index (χ2v) is 13.9. The van der Waals surface area contributed by atoms with Crippen molar-refractivity contribution in [3.8, 4) is 5.75 Å². The van der Waals surface area contributed by atoms with Gasteiger partial charge >= 0.3 is 5.91 Å². The van der Waals surface area contributed by atoms with Gasteiger partial charge in [-0.05, 0) is 62.1 Å². The lowest BCUT2D eigenvalue weighted by molar-refractivity contribution is -0.132. The molecule has 6 rings (SSSR count). The molecule has 0 saturated carbocycles. The zero-order chi connectivity index (χ0) is 33.1. The quantitative estimate of drug-likeness (QED) is 0.0356. The first-order chi connectivity index (χ1) is 22.8. The summed E-state index contributed by atoms with van der Waals surface area (Å²) in [5.41, 5.74) is 5.40. The number of carbonyl (C=O) groups is 2. The summed E-state index contributed by atoms with van der Waals surface area (Å²) in [6.07, 6.45) is 6.26. The Morgan fingerprint density at radius 1 is 0.979 bits per heavy atom. The third kappa shape index (κ3) is 6.68. The number of aliphatic hydroxyl groups is 1. The smallest absolute Gasteiger partial charge is 0.301 e. The van der Waals surface area contributed by atoms with Crippen LogP contribution in [0.1, 0.15) is 72.3 Å². The number of imidazole rings is 1. The van der Waals surface area contributed by atoms with E-state index < -0.39 is 17.7 Å². The molecule has 1 N–H and O–H groups in total. The van der Waals surface area contributed by atoms with E-state index in [1.807, 2.05) is 67.8 Å². The van der Waals surface area contributed by atoms with Gasteiger partial charge in [0.1, 0.15) is 17.1 Å². The number of nitrogens with zero attached hydrogens (tertiary/aromatic N) is 5. The summed E-state index contributed by atoms with van der Waals surface area (Å²) in [5.74, 6) is -0.535. The van der Waals surface area contributed by atoms with Crippen LogP contribution in [0, 0.1) is 20.8 Å². The average Bonchev–Trinajstić information content (AvgIpc) is 3.75. The van der Waals surface area contributed by atoms with Crippen molar-refractivity contribution in [1.82, 2.24) is 19.6 Å². The molecule has 3 aromatic heterocycles. The summed E-state index contributed by atoms with van der Waals surface area (Å²) in [6.45, 7) is 8.59. The van der Waals surface area contributed by atoms with Crippen molar-refractivity contribution in [3.63, 3.8) is 0 Å². The van der Waals surface area contributed by atoms with Crippen LogP contribution in [0.2, 0.25) is 0 Å². The fourth-order valence-corrected chi connectivity index (χ4v) is 7.50. The highest BCUT2D eigenvalue weighted by Gasteiger charge is 2.49. The Balaban J connectivity index is 1.37. The van der Waals surface area contributed by atoms with Crippen LogP contribution in [0.5, 0.6) is 5.75 Å². The Bertz CT molecular complexity index is 1950. The minimum absolute atomic E-state index is 0.0450. The van der Waals surface area contributed by atoms with Crippen LogP contribution in [-0.2, 0) is 15.3 Å². The van der Waals surface area contributed by atoms with Crippen LogP contribution >= 0.6 is 23.1 Å². The van der Waals surface area contributed by atoms with Crippen molar-refractivity contribution in [3.05, 3.63) is 106 Å². The number of carbonyl (C=O) groups excluding carboxylic acids is 2. The highest BCUT2D eigenvalue weighted by molar-refractivity contribution is 8.00. The van der Waals surface area contributed by atoms with Crippen molar-refractivity contribution < 1.29 is 19.4 Å². The normalized spacial score (nSPS) is 16.0. The van der Waals surface area contributed by atoms with Gasteiger partial charge in [-0.2, -0.15) is 0 Å². The first kappa shape index (κ1) is 32.5. The number of benzene rings is 2. The van der Waals surface area contributed by atoms with Crippen molar-refractivity contribution in [2.24, 2.45) is 0 Å². The zero-order valence-corrected chi connectivity index (χ0v) is 28.5. The van der Waals surface area contributed by atoms with Gasteiger partial charge in [0.05, 0.1) is 23.9 Å². The molecule has 2 aromatic carbocycles. The molecule has 1 unspecified atom stereocenters. The van der Waals surface area contributed by atoms with Crippen LogP contribution in [0.25, 0.3) is 11.4 Å². The summed E-state index contributed by atoms with van der Waals surface area (Å²) in [4.78, 5) is 33.6. The number of Topliss-reactive ketones (excluding diaryl/α,β-unsaturated/α-hetero) is 1. The minimum atomic E-state index is -0.943. The van der Waals surface area contributed by atoms with E-state index >= 15 is 0 Å². The number of amides is 1. The Morgan fingerprint density at radius 2 is 1.74 bits per heavy atom. The number of thioether (sulfide) groups is 1. The molecule has 4 heterocycles. The molecule has 242 valence electrons. The lowest BCUT2D eigenvalue weighted by Gasteiger charge is -2.22. The lowest BCUT2D eigenvalue weighted by atomic mass is 9.96. The van der Waals surface area contributed by atoms with E-state index in [1.165, 1.54) is 40.0 Å². The molecule has 1 fully saturated rings. The Morgan fingerprint density at radius 3 is 2.47 bits per heavy atom. The minimum Gasteiger partial charge on any atom is -0.505 e. The van der Waals surface area contributed by atoms with Gasteiger partial charge < -0.3 is 14.2 Å². The first-order valence-corrected chi connectivity index (χ1v) is 17.6. The van der Waals surface area contributed by atoms with Crippen LogP contribution < -0.4 is 9.64 Å². The van der Waals surface area contributed by atoms with E-state index in [1.54, 1.807) is 0 Å². The molecule has 0 aliphatic carbocycles. The standard InChI is InChI=1S/C36H37N5O4S2/c1-5-6-7-8-20-45-27-17-15-26(16-18-27)30-28(31(42)29-24(4)40-19-9-10-23(3)33(40)37-29)32(43)34(44)41(30)35-38-39-36(47-35)46-21-25-13-11-22(2)12-14-25/h9-19,30,42H,5-8,20-21H2,1-4H3/b31-28+. The molecule has 1 atom stereocenters. The van der Waals surface area contributed by atoms with E-state index in [9.17, 15) is 14.7 Å². The van der Waals surface area contributed by atoms with E-state index in [4.69, 9.17) is 9.72 Å². The zero-order valence-electron chi connectivity index (χ0n) is 26.9. The maximum Gasteiger partial charge on any atom is 0.301 e. The summed E-state index contributed by atoms with van der Waals surface area (Å²) >= 11 is 2.75. The van der Waals surface area contributed by atoms with E-state index in [0.717, 1.165) is 30.4 Å². The van der Waals surface area contributed by atoms with Gasteiger partial charge in [0.25, 0.3) is 5.78 Å². The summed E-state index contributed by atoms with van der Waals surface area (Å²) in [5, 5.41) is 20.8. The Hall–Kier alpha value is -4.48. The Labute approximate surface area is 282 Å². The maximum atomic E-state index is 13.8. The van der Waals surface area contributed by atoms with Gasteiger partial charge in [-0.1, -0.05) is 97.3 Å². The predicted octanol–water partition coefficient (Wildman–Crippen LogP) is 7.99. The number of aliphatic hydroxyl groups excluding tert-OH is 1. The summed E-state index contributed by atoms with van der Waals surface area (Å²) < 4.78 is 8.49. The second kappa shape index (κ2) is 14.1. The van der Waals surface area contributed by atoms with Gasteiger partial charge in [-0.3, -0.25) is 14.5 Å². The molecule has 0 radical (unpaired) electrons. The number of ether oxygens (including phenoxy) is 1. The molecule has 0 bridgehead atoms. The molecule has 9 nitrogen and oxygen atoms in total. The number of unbranched alkanes of at least 4 members (excludes halogenated alkanes) is 3. The number of anilines is 1. The molecule has 1 saturated heterocycles. The van der Waals surface area contributed by atoms with Gasteiger partial charge in [-0.25, -0.2) is 4.98 Å². The first-order valence-electron chi connectivity index (χ1n) is 15.8. The summed E-state index contributed by atoms with van der Waals surface area (Å²) in [7, 11) is 0. The van der Waals surface area contributed by atoms with Crippen LogP contribution in [0.4, 0.5) is 5.13 Å². The maximum absolute atomic E-state index is 13.8. The molecule has 1 aliphatic heterocycles. The molecule has 0 spiro atoms. The van der Waals surface area contributed by atoms with E-state index in [2.05, 4.69) is 41.4 Å². The van der Waals surface area contributed by atoms with Crippen molar-refractivity contribution >= 4 is 51.3 Å². The van der Waals surface area contributed by atoms with Crippen molar-refractivity contribution in [1.29, 1.82) is 0 Å². The topological polar surface area (TPSA) is 110 Å². The molecular weight excluding hydrogens is 631 g/mol. The van der Waals surface area contributed by atoms with Crippen LogP contribution in [-0.4, -0.2) is 43.0 Å². The predicted molar refractivity (Wildman–Crippen MR) is 186 cm³/mol. The Kier molecular flexibility index (Phi) is 9.74. The number of fused-ring (bicyclic) bond motifs is 1. The van der Waals surface area contributed by atoms with Crippen molar-refractivity contribution in [2.45, 2.75) is 69.5 Å². The summed E-state index contributed by atoms with van der Waals surface area (Å²) in [6, 6.07) is 18.5. The SMILES string of the molecule is CCCCCCOc1ccc(C2/C(=C(\O)c3nc4c(C)cccn4c3C)C(=O)C(=O)N2c2nnc(SCc3ccc(C)cc3)s2)cc1. The van der Waals surface area contributed by atoms with Crippen LogP contribution in [0.15, 0.2) is 76.8 Å². The van der Waals surface area contributed by atoms with Gasteiger partial charge in [0, 0.05) is 11.9 Å². The molecule has 1 aliphatic rings. The van der Waals surface area contributed by atoms with E-state index in [-0.39, 0.29) is 22.2 Å². The average molecular weight is 668 g/mol. The molecular formula is C36H37N5O4S2. The van der Waals surface area contributed by atoms with Gasteiger partial charge in [0.15, 0.2) is 10.1 Å². The molecule has 47 heavy (non-hydrogen) atoms. The highest BCUT2D eigenvalue weighted by Crippen LogP contribution is 2.44. The lowest BCUT2D eigenvalue weighted by Crippen LogP contribution is -2.29.